The van der Waals surface area contributed by atoms with Gasteiger partial charge in [-0.05, 0) is 12.1 Å². The van der Waals surface area contributed by atoms with Crippen LogP contribution < -0.4 is 0 Å². The molecule has 1 N–H and O–H groups in total. The summed E-state index contributed by atoms with van der Waals surface area (Å²) in [4.78, 5) is 10.7. The Balaban J connectivity index is 2.45. The summed E-state index contributed by atoms with van der Waals surface area (Å²) in [5.41, 5.74) is 0. The van der Waals surface area contributed by atoms with Gasteiger partial charge in [0, 0.05) is 10.6 Å². The Morgan fingerprint density at radius 3 is 2.77 bits per heavy atom. The van der Waals surface area contributed by atoms with Gasteiger partial charge in [-0.2, -0.15) is 0 Å². The highest BCUT2D eigenvalue weighted by molar-refractivity contribution is 7.99. The van der Waals surface area contributed by atoms with Gasteiger partial charge in [0.1, 0.15) is 5.82 Å². The normalized spacial score (nSPS) is 9.92. The number of carbonyl (C=O) groups is 1. The third-order valence-electron chi connectivity index (χ3n) is 1.41. The summed E-state index contributed by atoms with van der Waals surface area (Å²) in [6.07, 6.45) is 0.0546. The molecule has 0 fully saturated rings. The molecule has 13 heavy (non-hydrogen) atoms. The third-order valence-corrected chi connectivity index (χ3v) is 2.46. The Morgan fingerprint density at radius 2 is 2.15 bits per heavy atom. The van der Waals surface area contributed by atoms with Crippen LogP contribution in [0.1, 0.15) is 6.42 Å². The van der Waals surface area contributed by atoms with Crippen molar-refractivity contribution in [1.29, 1.82) is 0 Å². The summed E-state index contributed by atoms with van der Waals surface area (Å²) in [5, 5.41) is 8.35. The summed E-state index contributed by atoms with van der Waals surface area (Å²) in [6.45, 7) is 0. The van der Waals surface area contributed by atoms with Gasteiger partial charge in [0.05, 0.1) is 6.42 Å². The highest BCUT2D eigenvalue weighted by Gasteiger charge is 2.02. The van der Waals surface area contributed by atoms with Gasteiger partial charge < -0.3 is 5.11 Å². The second-order valence-corrected chi connectivity index (χ2v) is 3.56. The molecule has 0 bridgehead atoms. The van der Waals surface area contributed by atoms with Gasteiger partial charge in [-0.15, -0.1) is 11.8 Å². The van der Waals surface area contributed by atoms with Gasteiger partial charge in [0.2, 0.25) is 0 Å². The fourth-order valence-electron chi connectivity index (χ4n) is 0.810. The van der Waals surface area contributed by atoms with E-state index in [4.69, 9.17) is 5.11 Å². The Hall–Kier alpha value is -1.03. The molecule has 1 aromatic rings. The number of carboxylic acids is 1. The molecule has 0 spiro atoms. The summed E-state index contributed by atoms with van der Waals surface area (Å²) in [7, 11) is 0. The average Bonchev–Trinajstić information content (AvgIpc) is 2.08. The standard InChI is InChI=1S/C9H9FO2S/c10-7-3-1-2-4-8(7)13-6-5-9(11)12/h1-4H,5-6H2,(H,11,12). The quantitative estimate of drug-likeness (QED) is 0.758. The molecule has 0 unspecified atom stereocenters. The zero-order chi connectivity index (χ0) is 9.68. The molecule has 0 aliphatic heterocycles. The van der Waals surface area contributed by atoms with E-state index in [1.807, 2.05) is 0 Å². The van der Waals surface area contributed by atoms with Crippen molar-refractivity contribution in [1.82, 2.24) is 0 Å². The summed E-state index contributed by atoms with van der Waals surface area (Å²) in [5.74, 6) is -0.752. The van der Waals surface area contributed by atoms with Crippen molar-refractivity contribution in [3.63, 3.8) is 0 Å². The van der Waals surface area contributed by atoms with Gasteiger partial charge in [-0.3, -0.25) is 4.79 Å². The van der Waals surface area contributed by atoms with Crippen LogP contribution in [0.5, 0.6) is 0 Å². The van der Waals surface area contributed by atoms with E-state index < -0.39 is 5.97 Å². The third kappa shape index (κ3) is 3.46. The molecule has 0 amide bonds. The first-order chi connectivity index (χ1) is 6.20. The van der Waals surface area contributed by atoms with Gasteiger partial charge in [-0.1, -0.05) is 12.1 Å². The lowest BCUT2D eigenvalue weighted by atomic mass is 10.3. The second kappa shape index (κ2) is 4.87. The van der Waals surface area contributed by atoms with Crippen LogP contribution in [-0.4, -0.2) is 16.8 Å². The van der Waals surface area contributed by atoms with Crippen molar-refractivity contribution in [3.8, 4) is 0 Å². The second-order valence-electron chi connectivity index (χ2n) is 2.42. The number of rotatable bonds is 4. The van der Waals surface area contributed by atoms with Crippen molar-refractivity contribution in [2.24, 2.45) is 0 Å². The van der Waals surface area contributed by atoms with E-state index in [0.29, 0.717) is 10.6 Å². The largest absolute Gasteiger partial charge is 0.481 e. The van der Waals surface area contributed by atoms with Crippen LogP contribution in [0.4, 0.5) is 4.39 Å². The molecule has 70 valence electrons. The lowest BCUT2D eigenvalue weighted by molar-refractivity contribution is -0.136. The highest BCUT2D eigenvalue weighted by Crippen LogP contribution is 2.21. The van der Waals surface area contributed by atoms with Gasteiger partial charge in [0.15, 0.2) is 0 Å². The smallest absolute Gasteiger partial charge is 0.304 e. The Bertz CT molecular complexity index is 301. The first-order valence-electron chi connectivity index (χ1n) is 3.79. The van der Waals surface area contributed by atoms with Crippen LogP contribution in [0.2, 0.25) is 0 Å². The topological polar surface area (TPSA) is 37.3 Å². The van der Waals surface area contributed by atoms with Crippen LogP contribution >= 0.6 is 11.8 Å². The number of carboxylic acid groups (broad SMARTS) is 1. The fraction of sp³-hybridized carbons (Fsp3) is 0.222. The Kier molecular flexibility index (Phi) is 3.76. The van der Waals surface area contributed by atoms with E-state index in [1.165, 1.54) is 17.8 Å². The number of hydrogen-bond donors (Lipinski definition) is 1. The zero-order valence-electron chi connectivity index (χ0n) is 6.87. The minimum atomic E-state index is -0.858. The minimum Gasteiger partial charge on any atom is -0.481 e. The number of hydrogen-bond acceptors (Lipinski definition) is 2. The lowest BCUT2D eigenvalue weighted by Crippen LogP contribution is -1.96. The van der Waals surface area contributed by atoms with Gasteiger partial charge in [0.25, 0.3) is 0 Å². The zero-order valence-corrected chi connectivity index (χ0v) is 7.68. The molecular weight excluding hydrogens is 191 g/mol. The SMILES string of the molecule is O=C(O)CCSc1ccccc1F. The van der Waals surface area contributed by atoms with E-state index in [0.717, 1.165) is 0 Å². The van der Waals surface area contributed by atoms with E-state index in [1.54, 1.807) is 18.2 Å². The molecule has 2 nitrogen and oxygen atoms in total. The molecule has 0 heterocycles. The number of benzene rings is 1. The molecule has 0 saturated heterocycles. The Morgan fingerprint density at radius 1 is 1.46 bits per heavy atom. The van der Waals surface area contributed by atoms with Gasteiger partial charge in [-0.25, -0.2) is 4.39 Å². The van der Waals surface area contributed by atoms with E-state index in [-0.39, 0.29) is 12.2 Å². The molecule has 1 rings (SSSR count). The molecule has 0 saturated carbocycles. The summed E-state index contributed by atoms with van der Waals surface area (Å²) in [6, 6.07) is 6.34. The van der Waals surface area contributed by atoms with Crippen LogP contribution in [-0.2, 0) is 4.79 Å². The monoisotopic (exact) mass is 200 g/mol. The van der Waals surface area contributed by atoms with Crippen molar-refractivity contribution >= 4 is 17.7 Å². The van der Waals surface area contributed by atoms with E-state index >= 15 is 0 Å². The maximum Gasteiger partial charge on any atom is 0.304 e. The first kappa shape index (κ1) is 10.1. The number of halogens is 1. The fourth-order valence-corrected chi connectivity index (χ4v) is 1.69. The molecule has 0 radical (unpaired) electrons. The number of thioether (sulfide) groups is 1. The lowest BCUT2D eigenvalue weighted by Gasteiger charge is -1.99. The maximum atomic E-state index is 12.9. The summed E-state index contributed by atoms with van der Waals surface area (Å²) < 4.78 is 12.9. The minimum absolute atomic E-state index is 0.0546. The molecule has 4 heteroatoms. The molecule has 0 aromatic heterocycles. The highest BCUT2D eigenvalue weighted by atomic mass is 32.2. The van der Waals surface area contributed by atoms with Crippen molar-refractivity contribution < 1.29 is 14.3 Å². The van der Waals surface area contributed by atoms with Crippen molar-refractivity contribution in [2.45, 2.75) is 11.3 Å². The molecule has 0 aliphatic rings. The molecule has 0 aliphatic carbocycles. The van der Waals surface area contributed by atoms with Crippen molar-refractivity contribution in [3.05, 3.63) is 30.1 Å². The average molecular weight is 200 g/mol. The van der Waals surface area contributed by atoms with E-state index in [9.17, 15) is 9.18 Å². The van der Waals surface area contributed by atoms with Crippen LogP contribution in [0, 0.1) is 5.82 Å². The van der Waals surface area contributed by atoms with E-state index in [2.05, 4.69) is 0 Å². The predicted molar refractivity (Wildman–Crippen MR) is 49.4 cm³/mol. The Labute approximate surface area is 79.8 Å². The van der Waals surface area contributed by atoms with Crippen LogP contribution in [0.15, 0.2) is 29.2 Å². The molecule has 1 aromatic carbocycles. The number of aliphatic carboxylic acids is 1. The summed E-state index contributed by atoms with van der Waals surface area (Å²) >= 11 is 1.22. The van der Waals surface area contributed by atoms with Crippen LogP contribution in [0.25, 0.3) is 0 Å². The van der Waals surface area contributed by atoms with Crippen molar-refractivity contribution in [2.75, 3.05) is 5.75 Å². The molecule has 0 atom stereocenters. The van der Waals surface area contributed by atoms with Gasteiger partial charge >= 0.3 is 5.97 Å². The molecular formula is C9H9FO2S. The first-order valence-corrected chi connectivity index (χ1v) is 4.78. The maximum absolute atomic E-state index is 12.9. The predicted octanol–water partition coefficient (Wildman–Crippen LogP) is 2.39. The van der Waals surface area contributed by atoms with Crippen LogP contribution in [0.3, 0.4) is 0 Å².